The summed E-state index contributed by atoms with van der Waals surface area (Å²) in [4.78, 5) is 0. The van der Waals surface area contributed by atoms with Crippen molar-refractivity contribution in [2.45, 2.75) is 13.8 Å². The van der Waals surface area contributed by atoms with Crippen molar-refractivity contribution in [2.75, 3.05) is 0 Å². The molecule has 0 fully saturated rings. The fraction of sp³-hybridized carbons (Fsp3) is 0.143. The van der Waals surface area contributed by atoms with Crippen molar-refractivity contribution in [1.82, 2.24) is 0 Å². The lowest BCUT2D eigenvalue weighted by atomic mass is 10.2. The Balaban J connectivity index is 1.96. The van der Waals surface area contributed by atoms with E-state index in [4.69, 9.17) is 9.31 Å². The molecule has 19 heavy (non-hydrogen) atoms. The van der Waals surface area contributed by atoms with E-state index in [1.54, 1.807) is 26.0 Å². The van der Waals surface area contributed by atoms with Crippen molar-refractivity contribution < 1.29 is 18.1 Å². The van der Waals surface area contributed by atoms with E-state index in [0.29, 0.717) is 11.5 Å². The lowest BCUT2D eigenvalue weighted by Gasteiger charge is -2.09. The van der Waals surface area contributed by atoms with E-state index in [1.807, 2.05) is 0 Å². The molecule has 0 bridgehead atoms. The smallest absolute Gasteiger partial charge is 0.528 e. The monoisotopic (exact) mass is 262 g/mol. The SMILES string of the molecule is Cc1cc(F)cc(OBOc2cc(C)cc(F)c2)c1. The van der Waals surface area contributed by atoms with Gasteiger partial charge in [0.25, 0.3) is 0 Å². The van der Waals surface area contributed by atoms with Crippen LogP contribution in [0.4, 0.5) is 8.78 Å². The Morgan fingerprint density at radius 1 is 0.737 bits per heavy atom. The highest BCUT2D eigenvalue weighted by atomic mass is 19.1. The zero-order valence-electron chi connectivity index (χ0n) is 10.7. The van der Waals surface area contributed by atoms with Crippen LogP contribution in [0.3, 0.4) is 0 Å². The molecule has 0 saturated carbocycles. The Morgan fingerprint density at radius 3 is 1.53 bits per heavy atom. The van der Waals surface area contributed by atoms with E-state index in [1.165, 1.54) is 24.3 Å². The summed E-state index contributed by atoms with van der Waals surface area (Å²) in [6, 6.07) is 8.75. The molecule has 2 aromatic carbocycles. The second-order valence-electron chi connectivity index (χ2n) is 4.34. The van der Waals surface area contributed by atoms with Gasteiger partial charge in [0.15, 0.2) is 0 Å². The van der Waals surface area contributed by atoms with E-state index in [9.17, 15) is 8.78 Å². The van der Waals surface area contributed by atoms with Crippen LogP contribution in [0.5, 0.6) is 11.5 Å². The molecule has 2 rings (SSSR count). The molecular weight excluding hydrogens is 249 g/mol. The van der Waals surface area contributed by atoms with Crippen LogP contribution in [0.15, 0.2) is 36.4 Å². The lowest BCUT2D eigenvalue weighted by Crippen LogP contribution is -2.11. The summed E-state index contributed by atoms with van der Waals surface area (Å²) in [6.45, 7) is 3.54. The first-order valence-corrected chi connectivity index (χ1v) is 5.83. The molecule has 0 aliphatic heterocycles. The second-order valence-corrected chi connectivity index (χ2v) is 4.34. The molecule has 0 aliphatic rings. The fourth-order valence-electron chi connectivity index (χ4n) is 1.74. The van der Waals surface area contributed by atoms with Crippen LogP contribution in [-0.2, 0) is 0 Å². The third-order valence-electron chi connectivity index (χ3n) is 2.48. The molecule has 0 aliphatic carbocycles. The van der Waals surface area contributed by atoms with Gasteiger partial charge < -0.3 is 9.31 Å². The van der Waals surface area contributed by atoms with Crippen LogP contribution in [0.1, 0.15) is 11.1 Å². The minimum Gasteiger partial charge on any atom is -0.528 e. The molecule has 0 saturated heterocycles. The highest BCUT2D eigenvalue weighted by Crippen LogP contribution is 2.17. The topological polar surface area (TPSA) is 18.5 Å². The Hall–Kier alpha value is -2.04. The molecule has 0 radical (unpaired) electrons. The summed E-state index contributed by atoms with van der Waals surface area (Å²) < 4.78 is 36.8. The highest BCUT2D eigenvalue weighted by molar-refractivity contribution is 6.20. The van der Waals surface area contributed by atoms with Crippen molar-refractivity contribution in [2.24, 2.45) is 0 Å². The normalized spacial score (nSPS) is 10.1. The van der Waals surface area contributed by atoms with Gasteiger partial charge in [0.05, 0.1) is 0 Å². The predicted octanol–water partition coefficient (Wildman–Crippen LogP) is 3.31. The summed E-state index contributed by atoms with van der Waals surface area (Å²) in [7, 11) is -0.105. The minimum absolute atomic E-state index is 0.105. The van der Waals surface area contributed by atoms with Crippen LogP contribution < -0.4 is 9.31 Å². The van der Waals surface area contributed by atoms with Crippen LogP contribution in [0, 0.1) is 25.5 Å². The average molecular weight is 262 g/mol. The zero-order valence-corrected chi connectivity index (χ0v) is 10.7. The first-order chi connectivity index (χ1) is 9.02. The van der Waals surface area contributed by atoms with Gasteiger partial charge in [-0.3, -0.25) is 0 Å². The van der Waals surface area contributed by atoms with Gasteiger partial charge in [0.2, 0.25) is 0 Å². The second kappa shape index (κ2) is 5.74. The molecule has 0 aromatic heterocycles. The van der Waals surface area contributed by atoms with Crippen molar-refractivity contribution in [3.63, 3.8) is 0 Å². The van der Waals surface area contributed by atoms with Gasteiger partial charge in [-0.1, -0.05) is 0 Å². The maximum absolute atomic E-state index is 13.1. The van der Waals surface area contributed by atoms with Gasteiger partial charge >= 0.3 is 7.69 Å². The van der Waals surface area contributed by atoms with Crippen LogP contribution >= 0.6 is 0 Å². The predicted molar refractivity (Wildman–Crippen MR) is 70.7 cm³/mol. The van der Waals surface area contributed by atoms with Crippen molar-refractivity contribution >= 4 is 7.69 Å². The molecule has 98 valence electrons. The lowest BCUT2D eigenvalue weighted by molar-refractivity contribution is 0.453. The maximum Gasteiger partial charge on any atom is 0.576 e. The number of aryl methyl sites for hydroxylation is 2. The molecule has 5 heteroatoms. The van der Waals surface area contributed by atoms with Gasteiger partial charge in [0, 0.05) is 12.1 Å². The number of hydrogen-bond donors (Lipinski definition) is 0. The largest absolute Gasteiger partial charge is 0.576 e. The quantitative estimate of drug-likeness (QED) is 0.787. The molecule has 0 unspecified atom stereocenters. The summed E-state index contributed by atoms with van der Waals surface area (Å²) in [5.41, 5.74) is 1.52. The molecule has 0 heterocycles. The van der Waals surface area contributed by atoms with E-state index >= 15 is 0 Å². The number of halogens is 2. The van der Waals surface area contributed by atoms with E-state index in [2.05, 4.69) is 0 Å². The van der Waals surface area contributed by atoms with Crippen LogP contribution in [0.2, 0.25) is 0 Å². The first kappa shape index (κ1) is 13.4. The fourth-order valence-corrected chi connectivity index (χ4v) is 1.74. The Morgan fingerprint density at radius 2 is 1.16 bits per heavy atom. The number of benzene rings is 2. The molecule has 0 N–H and O–H groups in total. The van der Waals surface area contributed by atoms with Crippen molar-refractivity contribution in [1.29, 1.82) is 0 Å². The molecule has 2 aromatic rings. The first-order valence-electron chi connectivity index (χ1n) is 5.83. The van der Waals surface area contributed by atoms with Crippen LogP contribution in [0.25, 0.3) is 0 Å². The molecule has 2 nitrogen and oxygen atoms in total. The van der Waals surface area contributed by atoms with Gasteiger partial charge in [-0.25, -0.2) is 8.78 Å². The van der Waals surface area contributed by atoms with E-state index in [-0.39, 0.29) is 19.3 Å². The Bertz CT molecular complexity index is 496. The summed E-state index contributed by atoms with van der Waals surface area (Å²) in [5.74, 6) is 0.0319. The Kier molecular flexibility index (Phi) is 4.05. The molecule has 0 spiro atoms. The summed E-state index contributed by atoms with van der Waals surface area (Å²) in [5, 5.41) is 0. The standard InChI is InChI=1S/C14H13BF2O2/c1-9-3-11(16)7-13(5-9)18-15-19-14-6-10(2)4-12(17)8-14/h3-8,15H,1-2H3. The molecular formula is C14H13BF2O2. The Labute approximate surface area is 111 Å². The third-order valence-corrected chi connectivity index (χ3v) is 2.48. The van der Waals surface area contributed by atoms with Crippen molar-refractivity contribution in [3.05, 3.63) is 59.2 Å². The van der Waals surface area contributed by atoms with Gasteiger partial charge in [-0.2, -0.15) is 0 Å². The maximum atomic E-state index is 13.1. The third kappa shape index (κ3) is 3.98. The minimum atomic E-state index is -0.364. The van der Waals surface area contributed by atoms with E-state index in [0.717, 1.165) is 11.1 Å². The van der Waals surface area contributed by atoms with E-state index < -0.39 is 0 Å². The summed E-state index contributed by atoms with van der Waals surface area (Å²) >= 11 is 0. The highest BCUT2D eigenvalue weighted by Gasteiger charge is 2.04. The average Bonchev–Trinajstić information content (AvgIpc) is 2.26. The van der Waals surface area contributed by atoms with Crippen LogP contribution in [-0.4, -0.2) is 7.69 Å². The molecule has 0 atom stereocenters. The zero-order chi connectivity index (χ0) is 13.8. The van der Waals surface area contributed by atoms with Gasteiger partial charge in [-0.15, -0.1) is 0 Å². The number of rotatable bonds is 4. The van der Waals surface area contributed by atoms with Gasteiger partial charge in [0.1, 0.15) is 23.1 Å². The molecule has 0 amide bonds. The van der Waals surface area contributed by atoms with Gasteiger partial charge in [-0.05, 0) is 49.2 Å². The summed E-state index contributed by atoms with van der Waals surface area (Å²) in [6.07, 6.45) is 0. The van der Waals surface area contributed by atoms with Crippen molar-refractivity contribution in [3.8, 4) is 11.5 Å². The number of hydrogen-bond acceptors (Lipinski definition) is 2.